The van der Waals surface area contributed by atoms with Gasteiger partial charge in [0.1, 0.15) is 6.54 Å². The van der Waals surface area contributed by atoms with E-state index in [-0.39, 0.29) is 12.5 Å². The lowest BCUT2D eigenvalue weighted by molar-refractivity contribution is -0.156. The van der Waals surface area contributed by atoms with Crippen LogP contribution >= 0.6 is 11.6 Å². The molecule has 7 heteroatoms. The highest BCUT2D eigenvalue weighted by Crippen LogP contribution is 2.15. The topological polar surface area (TPSA) is 69.7 Å². The van der Waals surface area contributed by atoms with Gasteiger partial charge in [0, 0.05) is 30.3 Å². The highest BCUT2D eigenvalue weighted by atomic mass is 35.5. The molecule has 0 unspecified atom stereocenters. The van der Waals surface area contributed by atoms with E-state index in [9.17, 15) is 14.4 Å². The van der Waals surface area contributed by atoms with Crippen LogP contribution in [0.15, 0.2) is 24.3 Å². The molecule has 1 heterocycles. The number of carbonyl (C=O) groups is 3. The summed E-state index contributed by atoms with van der Waals surface area (Å²) in [5.41, 5.74) is 0.554. The maximum Gasteiger partial charge on any atom is 0.312 e. The van der Waals surface area contributed by atoms with Crippen molar-refractivity contribution in [3.63, 3.8) is 0 Å². The average molecular weight is 310 g/mol. The number of piperazine rings is 1. The third-order valence-electron chi connectivity index (χ3n) is 3.22. The van der Waals surface area contributed by atoms with Crippen molar-refractivity contribution in [2.45, 2.75) is 6.92 Å². The molecule has 3 amide bonds. The molecule has 0 aliphatic carbocycles. The van der Waals surface area contributed by atoms with Crippen molar-refractivity contribution in [1.29, 1.82) is 0 Å². The van der Waals surface area contributed by atoms with Crippen LogP contribution in [0.25, 0.3) is 0 Å². The Morgan fingerprint density at radius 1 is 1.24 bits per heavy atom. The summed E-state index contributed by atoms with van der Waals surface area (Å²) in [6, 6.07) is 6.73. The van der Waals surface area contributed by atoms with Gasteiger partial charge in [-0.1, -0.05) is 17.7 Å². The quantitative estimate of drug-likeness (QED) is 0.843. The maximum atomic E-state index is 11.9. The van der Waals surface area contributed by atoms with Crippen LogP contribution in [-0.2, 0) is 14.4 Å². The van der Waals surface area contributed by atoms with Gasteiger partial charge in [-0.05, 0) is 25.1 Å². The van der Waals surface area contributed by atoms with Crippen molar-refractivity contribution < 1.29 is 14.4 Å². The van der Waals surface area contributed by atoms with Crippen LogP contribution in [0.3, 0.4) is 0 Å². The molecule has 0 bridgehead atoms. The van der Waals surface area contributed by atoms with Crippen LogP contribution in [0.4, 0.5) is 5.69 Å². The summed E-state index contributed by atoms with van der Waals surface area (Å²) < 4.78 is 0. The summed E-state index contributed by atoms with van der Waals surface area (Å²) in [6.45, 7) is 2.97. The lowest BCUT2D eigenvalue weighted by atomic mass is 10.2. The van der Waals surface area contributed by atoms with Crippen molar-refractivity contribution >= 4 is 35.0 Å². The second-order valence-corrected chi connectivity index (χ2v) is 5.11. The number of rotatable bonds is 4. The summed E-state index contributed by atoms with van der Waals surface area (Å²) in [6.07, 6.45) is 0. The second kappa shape index (κ2) is 6.58. The van der Waals surface area contributed by atoms with Crippen molar-refractivity contribution in [2.24, 2.45) is 0 Å². The molecule has 2 rings (SSSR count). The van der Waals surface area contributed by atoms with Crippen LogP contribution in [0.2, 0.25) is 5.02 Å². The molecule has 1 aliphatic heterocycles. The molecule has 0 atom stereocenters. The Labute approximate surface area is 127 Å². The van der Waals surface area contributed by atoms with E-state index in [2.05, 4.69) is 5.32 Å². The summed E-state index contributed by atoms with van der Waals surface area (Å²) in [5.74, 6) is -1.55. The SMILES string of the molecule is CCN1CCN(CC(=O)Nc2cccc(Cl)c2)C(=O)C1=O. The van der Waals surface area contributed by atoms with E-state index in [0.29, 0.717) is 30.3 Å². The summed E-state index contributed by atoms with van der Waals surface area (Å²) in [4.78, 5) is 38.3. The number of anilines is 1. The number of hydrogen-bond acceptors (Lipinski definition) is 3. The van der Waals surface area contributed by atoms with Crippen molar-refractivity contribution in [3.05, 3.63) is 29.3 Å². The third kappa shape index (κ3) is 3.72. The summed E-state index contributed by atoms with van der Waals surface area (Å²) in [7, 11) is 0. The van der Waals surface area contributed by atoms with Gasteiger partial charge in [-0.15, -0.1) is 0 Å². The lowest BCUT2D eigenvalue weighted by Gasteiger charge is -2.32. The Bertz CT molecular complexity index is 576. The molecule has 1 N–H and O–H groups in total. The molecule has 0 radical (unpaired) electrons. The molecular weight excluding hydrogens is 294 g/mol. The zero-order valence-electron chi connectivity index (χ0n) is 11.6. The van der Waals surface area contributed by atoms with E-state index in [4.69, 9.17) is 11.6 Å². The van der Waals surface area contributed by atoms with Gasteiger partial charge >= 0.3 is 11.8 Å². The number of nitrogens with one attached hydrogen (secondary N) is 1. The minimum absolute atomic E-state index is 0.144. The molecule has 0 aromatic heterocycles. The van der Waals surface area contributed by atoms with Gasteiger partial charge in [0.15, 0.2) is 0 Å². The Kier molecular flexibility index (Phi) is 4.80. The maximum absolute atomic E-state index is 11.9. The standard InChI is InChI=1S/C14H16ClN3O3/c1-2-17-6-7-18(14(21)13(17)20)9-12(19)16-11-5-3-4-10(15)8-11/h3-5,8H,2,6-7,9H2,1H3,(H,16,19). The van der Waals surface area contributed by atoms with Crippen molar-refractivity contribution in [3.8, 4) is 0 Å². The smallest absolute Gasteiger partial charge is 0.312 e. The van der Waals surface area contributed by atoms with E-state index in [1.807, 2.05) is 6.92 Å². The van der Waals surface area contributed by atoms with Gasteiger partial charge in [-0.2, -0.15) is 0 Å². The first-order valence-corrected chi connectivity index (χ1v) is 7.02. The van der Waals surface area contributed by atoms with Crippen molar-refractivity contribution in [2.75, 3.05) is 31.5 Å². The monoisotopic (exact) mass is 309 g/mol. The fraction of sp³-hybridized carbons (Fsp3) is 0.357. The first kappa shape index (κ1) is 15.3. The minimum Gasteiger partial charge on any atom is -0.333 e. The first-order valence-electron chi connectivity index (χ1n) is 6.65. The Morgan fingerprint density at radius 2 is 1.90 bits per heavy atom. The highest BCUT2D eigenvalue weighted by molar-refractivity contribution is 6.35. The number of carbonyl (C=O) groups excluding carboxylic acids is 3. The average Bonchev–Trinajstić information content (AvgIpc) is 2.44. The lowest BCUT2D eigenvalue weighted by Crippen LogP contribution is -2.55. The van der Waals surface area contributed by atoms with Crippen LogP contribution in [0.1, 0.15) is 6.92 Å². The molecule has 0 spiro atoms. The van der Waals surface area contributed by atoms with Gasteiger partial charge in [0.05, 0.1) is 0 Å². The normalized spacial score (nSPS) is 15.3. The Hall–Kier alpha value is -2.08. The molecular formula is C14H16ClN3O3. The molecule has 112 valence electrons. The number of benzene rings is 1. The third-order valence-corrected chi connectivity index (χ3v) is 3.46. The van der Waals surface area contributed by atoms with Gasteiger partial charge in [-0.25, -0.2) is 0 Å². The first-order chi connectivity index (χ1) is 10.0. The molecule has 1 aromatic carbocycles. The number of hydrogen-bond donors (Lipinski definition) is 1. The van der Waals surface area contributed by atoms with Crippen LogP contribution < -0.4 is 5.32 Å². The molecule has 0 saturated carbocycles. The van der Waals surface area contributed by atoms with Gasteiger partial charge in [0.2, 0.25) is 5.91 Å². The largest absolute Gasteiger partial charge is 0.333 e. The van der Waals surface area contributed by atoms with E-state index in [0.717, 1.165) is 0 Å². The second-order valence-electron chi connectivity index (χ2n) is 4.67. The summed E-state index contributed by atoms with van der Waals surface area (Å²) >= 11 is 5.83. The Morgan fingerprint density at radius 3 is 2.57 bits per heavy atom. The molecule has 21 heavy (non-hydrogen) atoms. The van der Waals surface area contributed by atoms with Gasteiger partial charge in [0.25, 0.3) is 0 Å². The molecule has 1 fully saturated rings. The van der Waals surface area contributed by atoms with Crippen LogP contribution in [0.5, 0.6) is 0 Å². The van der Waals surface area contributed by atoms with E-state index in [1.165, 1.54) is 9.80 Å². The number of nitrogens with zero attached hydrogens (tertiary/aromatic N) is 2. The molecule has 1 saturated heterocycles. The van der Waals surface area contributed by atoms with Crippen LogP contribution in [-0.4, -0.2) is 53.7 Å². The molecule has 1 aromatic rings. The van der Waals surface area contributed by atoms with E-state index < -0.39 is 11.8 Å². The predicted octanol–water partition coefficient (Wildman–Crippen LogP) is 0.969. The predicted molar refractivity (Wildman–Crippen MR) is 78.9 cm³/mol. The van der Waals surface area contributed by atoms with Gasteiger partial charge in [-0.3, -0.25) is 14.4 Å². The minimum atomic E-state index is -0.635. The van der Waals surface area contributed by atoms with E-state index >= 15 is 0 Å². The zero-order valence-corrected chi connectivity index (χ0v) is 12.4. The fourth-order valence-electron chi connectivity index (χ4n) is 2.11. The number of halogens is 1. The van der Waals surface area contributed by atoms with Crippen molar-refractivity contribution in [1.82, 2.24) is 9.80 Å². The van der Waals surface area contributed by atoms with Crippen LogP contribution in [0, 0.1) is 0 Å². The Balaban J connectivity index is 1.94. The summed E-state index contributed by atoms with van der Waals surface area (Å²) in [5, 5.41) is 3.16. The molecule has 6 nitrogen and oxygen atoms in total. The highest BCUT2D eigenvalue weighted by Gasteiger charge is 2.32. The number of likely N-dealkylation sites (N-methyl/N-ethyl adjacent to an activating group) is 1. The van der Waals surface area contributed by atoms with E-state index in [1.54, 1.807) is 24.3 Å². The fourth-order valence-corrected chi connectivity index (χ4v) is 2.30. The zero-order chi connectivity index (χ0) is 15.4. The molecule has 1 aliphatic rings. The van der Waals surface area contributed by atoms with Gasteiger partial charge < -0.3 is 15.1 Å². The number of amides is 3.